The van der Waals surface area contributed by atoms with Crippen LogP contribution in [0.15, 0.2) is 47.4 Å². The van der Waals surface area contributed by atoms with Crippen molar-refractivity contribution in [3.63, 3.8) is 0 Å². The Balaban J connectivity index is 1.71. The van der Waals surface area contributed by atoms with Crippen LogP contribution in [0, 0.1) is 0 Å². The maximum absolute atomic E-state index is 12.6. The Morgan fingerprint density at radius 1 is 1.09 bits per heavy atom. The molecule has 1 N–H and O–H groups in total. The average molecular weight is 509 g/mol. The number of ether oxygens (including phenoxy) is 2. The van der Waals surface area contributed by atoms with Crippen molar-refractivity contribution in [1.82, 2.24) is 4.90 Å². The molecule has 1 saturated heterocycles. The summed E-state index contributed by atoms with van der Waals surface area (Å²) in [4.78, 5) is 49.6. The predicted molar refractivity (Wildman–Crippen MR) is 126 cm³/mol. The Bertz CT molecular complexity index is 1120. The minimum atomic E-state index is -0.681. The van der Waals surface area contributed by atoms with Crippen molar-refractivity contribution in [1.29, 1.82) is 0 Å². The molecular weight excluding hydrogens is 491 g/mol. The van der Waals surface area contributed by atoms with Gasteiger partial charge in [0.1, 0.15) is 12.3 Å². The summed E-state index contributed by atoms with van der Waals surface area (Å²) >= 11 is 12.6. The average Bonchev–Trinajstić information content (AvgIpc) is 3.02. The first-order valence-electron chi connectivity index (χ1n) is 9.65. The van der Waals surface area contributed by atoms with Gasteiger partial charge < -0.3 is 14.8 Å². The molecule has 1 fully saturated rings. The molecule has 11 heteroatoms. The number of halogens is 2. The lowest BCUT2D eigenvalue weighted by Crippen LogP contribution is -2.34. The van der Waals surface area contributed by atoms with Crippen LogP contribution in [-0.2, 0) is 19.1 Å². The van der Waals surface area contributed by atoms with Crippen molar-refractivity contribution in [2.24, 2.45) is 0 Å². The SMILES string of the molecule is CCOC(=O)CN1C(=O)S/C(=C\c2cc(Cl)ccc2OCC(=O)Nc2ccc(Cl)cc2)C1=O. The topological polar surface area (TPSA) is 102 Å². The number of nitrogens with one attached hydrogen (secondary N) is 1. The smallest absolute Gasteiger partial charge is 0.326 e. The van der Waals surface area contributed by atoms with E-state index >= 15 is 0 Å². The molecule has 2 aromatic carbocycles. The molecule has 1 aliphatic rings. The van der Waals surface area contributed by atoms with Gasteiger partial charge in [-0.05, 0) is 67.2 Å². The molecule has 3 rings (SSSR count). The first-order chi connectivity index (χ1) is 15.8. The number of carbonyl (C=O) groups is 4. The van der Waals surface area contributed by atoms with E-state index in [-0.39, 0.29) is 23.9 Å². The van der Waals surface area contributed by atoms with Crippen molar-refractivity contribution in [3.05, 3.63) is 63.0 Å². The van der Waals surface area contributed by atoms with Gasteiger partial charge >= 0.3 is 5.97 Å². The van der Waals surface area contributed by atoms with Gasteiger partial charge in [-0.15, -0.1) is 0 Å². The molecule has 1 aliphatic heterocycles. The fraction of sp³-hybridized carbons (Fsp3) is 0.182. The van der Waals surface area contributed by atoms with Crippen molar-refractivity contribution < 1.29 is 28.7 Å². The zero-order chi connectivity index (χ0) is 24.0. The summed E-state index contributed by atoms with van der Waals surface area (Å²) in [5, 5.41) is 2.99. The highest BCUT2D eigenvalue weighted by Crippen LogP contribution is 2.34. The third-order valence-electron chi connectivity index (χ3n) is 4.21. The fourth-order valence-corrected chi connectivity index (χ4v) is 3.89. The number of imide groups is 1. The van der Waals surface area contributed by atoms with Crippen LogP contribution in [-0.4, -0.2) is 47.7 Å². The molecule has 8 nitrogen and oxygen atoms in total. The van der Waals surface area contributed by atoms with E-state index < -0.39 is 29.6 Å². The van der Waals surface area contributed by atoms with E-state index in [1.54, 1.807) is 43.3 Å². The second-order valence-corrected chi connectivity index (χ2v) is 8.46. The maximum Gasteiger partial charge on any atom is 0.326 e. The van der Waals surface area contributed by atoms with E-state index in [0.717, 1.165) is 4.90 Å². The molecule has 33 heavy (non-hydrogen) atoms. The van der Waals surface area contributed by atoms with Crippen LogP contribution in [0.2, 0.25) is 10.0 Å². The summed E-state index contributed by atoms with van der Waals surface area (Å²) in [6, 6.07) is 11.2. The van der Waals surface area contributed by atoms with E-state index in [4.69, 9.17) is 32.7 Å². The molecule has 0 spiro atoms. The predicted octanol–water partition coefficient (Wildman–Crippen LogP) is 4.61. The number of rotatable bonds is 8. The number of amides is 3. The van der Waals surface area contributed by atoms with Gasteiger partial charge in [0, 0.05) is 21.3 Å². The number of thioether (sulfide) groups is 1. The largest absolute Gasteiger partial charge is 0.483 e. The molecule has 172 valence electrons. The summed E-state index contributed by atoms with van der Waals surface area (Å²) in [7, 11) is 0. The molecule has 0 bridgehead atoms. The second-order valence-electron chi connectivity index (χ2n) is 6.60. The van der Waals surface area contributed by atoms with Crippen LogP contribution in [0.5, 0.6) is 5.75 Å². The number of hydrogen-bond donors (Lipinski definition) is 1. The summed E-state index contributed by atoms with van der Waals surface area (Å²) in [6.07, 6.45) is 1.42. The fourth-order valence-electron chi connectivity index (χ4n) is 2.75. The van der Waals surface area contributed by atoms with E-state index in [1.807, 2.05) is 0 Å². The highest BCUT2D eigenvalue weighted by atomic mass is 35.5. The summed E-state index contributed by atoms with van der Waals surface area (Å²) in [6.45, 7) is 0.983. The second kappa shape index (κ2) is 11.2. The quantitative estimate of drug-likeness (QED) is 0.410. The lowest BCUT2D eigenvalue weighted by Gasteiger charge is -2.11. The standard InChI is InChI=1S/C22H18Cl2N2O6S/c1-2-31-20(28)11-26-21(29)18(33-22(26)30)10-13-9-15(24)5-8-17(13)32-12-19(27)25-16-6-3-14(23)4-7-16/h3-10H,2,11-12H2,1H3,(H,25,27)/b18-10-. The van der Waals surface area contributed by atoms with E-state index in [2.05, 4.69) is 5.32 Å². The number of hydrogen-bond acceptors (Lipinski definition) is 7. The zero-order valence-corrected chi connectivity index (χ0v) is 19.6. The van der Waals surface area contributed by atoms with Gasteiger partial charge in [-0.2, -0.15) is 0 Å². The molecule has 0 atom stereocenters. The van der Waals surface area contributed by atoms with Crippen LogP contribution < -0.4 is 10.1 Å². The highest BCUT2D eigenvalue weighted by Gasteiger charge is 2.36. The van der Waals surface area contributed by atoms with Gasteiger partial charge in [0.2, 0.25) is 0 Å². The first-order valence-corrected chi connectivity index (χ1v) is 11.2. The van der Waals surface area contributed by atoms with Crippen molar-refractivity contribution in [3.8, 4) is 5.75 Å². The van der Waals surface area contributed by atoms with Crippen molar-refractivity contribution >= 4 is 69.8 Å². The Hall–Kier alpha value is -3.01. The summed E-state index contributed by atoms with van der Waals surface area (Å²) < 4.78 is 10.4. The molecule has 0 aliphatic carbocycles. The number of carbonyl (C=O) groups excluding carboxylic acids is 4. The third-order valence-corrected chi connectivity index (χ3v) is 5.61. The Labute approximate surface area is 203 Å². The molecule has 0 saturated carbocycles. The van der Waals surface area contributed by atoms with Gasteiger partial charge in [-0.3, -0.25) is 24.1 Å². The number of anilines is 1. The molecule has 3 amide bonds. The molecule has 0 aromatic heterocycles. The highest BCUT2D eigenvalue weighted by molar-refractivity contribution is 8.18. The molecule has 0 radical (unpaired) electrons. The minimum absolute atomic E-state index is 0.0852. The maximum atomic E-state index is 12.6. The van der Waals surface area contributed by atoms with E-state index in [0.29, 0.717) is 33.1 Å². The van der Waals surface area contributed by atoms with Crippen molar-refractivity contribution in [2.75, 3.05) is 25.1 Å². The van der Waals surface area contributed by atoms with Crippen LogP contribution in [0.4, 0.5) is 10.5 Å². The minimum Gasteiger partial charge on any atom is -0.483 e. The molecule has 1 heterocycles. The zero-order valence-electron chi connectivity index (χ0n) is 17.3. The summed E-state index contributed by atoms with van der Waals surface area (Å²) in [5.41, 5.74) is 0.947. The Kier molecular flexibility index (Phi) is 8.37. The number of benzene rings is 2. The van der Waals surface area contributed by atoms with Gasteiger partial charge in [0.05, 0.1) is 11.5 Å². The monoisotopic (exact) mass is 508 g/mol. The Morgan fingerprint density at radius 2 is 1.79 bits per heavy atom. The van der Waals surface area contributed by atoms with Crippen molar-refractivity contribution in [2.45, 2.75) is 6.92 Å². The van der Waals surface area contributed by atoms with E-state index in [1.165, 1.54) is 12.1 Å². The molecule has 2 aromatic rings. The van der Waals surface area contributed by atoms with Crippen LogP contribution >= 0.6 is 35.0 Å². The Morgan fingerprint density at radius 3 is 2.48 bits per heavy atom. The van der Waals surface area contributed by atoms with Crippen LogP contribution in [0.3, 0.4) is 0 Å². The van der Waals surface area contributed by atoms with E-state index in [9.17, 15) is 19.2 Å². The van der Waals surface area contributed by atoms with Gasteiger partial charge in [0.15, 0.2) is 6.61 Å². The van der Waals surface area contributed by atoms with Gasteiger partial charge in [-0.1, -0.05) is 23.2 Å². The van der Waals surface area contributed by atoms with Crippen LogP contribution in [0.1, 0.15) is 12.5 Å². The number of esters is 1. The van der Waals surface area contributed by atoms with Crippen LogP contribution in [0.25, 0.3) is 6.08 Å². The molecular formula is C22H18Cl2N2O6S. The van der Waals surface area contributed by atoms with Gasteiger partial charge in [-0.25, -0.2) is 0 Å². The van der Waals surface area contributed by atoms with Gasteiger partial charge in [0.25, 0.3) is 17.1 Å². The first kappa shape index (κ1) is 24.6. The number of nitrogens with zero attached hydrogens (tertiary/aromatic N) is 1. The lowest BCUT2D eigenvalue weighted by atomic mass is 10.2. The lowest BCUT2D eigenvalue weighted by molar-refractivity contribution is -0.146. The third kappa shape index (κ3) is 6.74. The summed E-state index contributed by atoms with van der Waals surface area (Å²) in [5.74, 6) is -1.44. The normalized spacial score (nSPS) is 14.5. The molecule has 0 unspecified atom stereocenters.